The average Bonchev–Trinajstić information content (AvgIpc) is 2.99. The number of nitrogens with zero attached hydrogens (tertiary/aromatic N) is 1. The Labute approximate surface area is 281 Å². The number of aliphatic hydroxyl groups is 1. The number of aliphatic hydroxyl groups excluding tert-OH is 1. The third-order valence-electron chi connectivity index (χ3n) is 7.24. The lowest BCUT2D eigenvalue weighted by atomic mass is 10.1. The number of carbonyl (C=O) groups excluding carboxylic acids is 1. The highest BCUT2D eigenvalue weighted by molar-refractivity contribution is 7.47. The summed E-state index contributed by atoms with van der Waals surface area (Å²) in [6.45, 7) is 4.59. The Morgan fingerprint density at radius 2 is 1.30 bits per heavy atom. The van der Waals surface area contributed by atoms with Crippen molar-refractivity contribution in [3.05, 3.63) is 60.8 Å². The van der Waals surface area contributed by atoms with Gasteiger partial charge in [-0.15, -0.1) is 0 Å². The van der Waals surface area contributed by atoms with Crippen LogP contribution >= 0.6 is 7.82 Å². The fourth-order valence-electron chi connectivity index (χ4n) is 4.38. The molecule has 1 amide bonds. The number of hydrogen-bond donors (Lipinski definition) is 3. The van der Waals surface area contributed by atoms with Gasteiger partial charge in [0.1, 0.15) is 13.2 Å². The summed E-state index contributed by atoms with van der Waals surface area (Å²) < 4.78 is 23.3. The van der Waals surface area contributed by atoms with E-state index >= 15 is 0 Å². The first-order chi connectivity index (χ1) is 22.0. The standard InChI is InChI=1S/C37H67N2O6P/c1-6-8-10-12-14-16-17-18-19-20-21-23-25-27-29-31-37(41)38-35(34-45-46(42,43)44-33-32-39(3,4)5)36(40)30-28-26-24-22-15-13-11-9-7-2/h8,10,14,16,18-19,21,23,28,30,35-36,40H,6-7,9,11-13,15,17,20,22,24-27,29,31-34H2,1-5H3,(H-,38,41,42,43)/p+1/b10-8-,16-14-,19-18-,23-21-,30-28+. The molecular formula is C37H68N2O6P+. The van der Waals surface area contributed by atoms with Crippen molar-refractivity contribution in [3.8, 4) is 0 Å². The first-order valence-electron chi connectivity index (χ1n) is 17.7. The van der Waals surface area contributed by atoms with E-state index in [9.17, 15) is 19.4 Å². The van der Waals surface area contributed by atoms with Crippen molar-refractivity contribution < 1.29 is 32.9 Å². The van der Waals surface area contributed by atoms with Crippen molar-refractivity contribution >= 4 is 13.7 Å². The number of rotatable bonds is 30. The molecule has 0 fully saturated rings. The number of phosphoric ester groups is 1. The largest absolute Gasteiger partial charge is 0.472 e. The normalized spacial score (nSPS) is 15.5. The predicted molar refractivity (Wildman–Crippen MR) is 193 cm³/mol. The Hall–Kier alpha value is -1.80. The van der Waals surface area contributed by atoms with Gasteiger partial charge in [-0.2, -0.15) is 0 Å². The van der Waals surface area contributed by atoms with E-state index < -0.39 is 20.0 Å². The molecule has 0 aromatic rings. The summed E-state index contributed by atoms with van der Waals surface area (Å²) in [4.78, 5) is 22.9. The third kappa shape index (κ3) is 30.8. The minimum atomic E-state index is -4.34. The second kappa shape index (κ2) is 29.3. The molecule has 3 unspecified atom stereocenters. The van der Waals surface area contributed by atoms with E-state index in [-0.39, 0.29) is 19.1 Å². The van der Waals surface area contributed by atoms with Crippen LogP contribution in [0.25, 0.3) is 0 Å². The van der Waals surface area contributed by atoms with Crippen LogP contribution in [-0.4, -0.2) is 73.4 Å². The lowest BCUT2D eigenvalue weighted by molar-refractivity contribution is -0.870. The second-order valence-electron chi connectivity index (χ2n) is 12.9. The van der Waals surface area contributed by atoms with Crippen LogP contribution < -0.4 is 5.32 Å². The number of unbranched alkanes of at least 4 members (excludes halogenated alkanes) is 9. The fourth-order valence-corrected chi connectivity index (χ4v) is 5.12. The van der Waals surface area contributed by atoms with Gasteiger partial charge in [0.25, 0.3) is 0 Å². The zero-order valence-electron chi connectivity index (χ0n) is 29.8. The molecule has 0 aromatic carbocycles. The Balaban J connectivity index is 4.65. The van der Waals surface area contributed by atoms with Gasteiger partial charge in [0.15, 0.2) is 0 Å². The molecule has 0 aliphatic heterocycles. The maximum Gasteiger partial charge on any atom is 0.472 e. The second-order valence-corrected chi connectivity index (χ2v) is 14.3. The van der Waals surface area contributed by atoms with Gasteiger partial charge in [0.05, 0.1) is 39.9 Å². The van der Waals surface area contributed by atoms with Gasteiger partial charge in [-0.25, -0.2) is 4.57 Å². The van der Waals surface area contributed by atoms with Crippen LogP contribution in [0.5, 0.6) is 0 Å². The zero-order valence-corrected chi connectivity index (χ0v) is 30.7. The molecule has 0 aliphatic rings. The number of nitrogens with one attached hydrogen (secondary N) is 1. The monoisotopic (exact) mass is 667 g/mol. The molecular weight excluding hydrogens is 599 g/mol. The van der Waals surface area contributed by atoms with Gasteiger partial charge in [0, 0.05) is 6.42 Å². The summed E-state index contributed by atoms with van der Waals surface area (Å²) >= 11 is 0. The number of amides is 1. The summed E-state index contributed by atoms with van der Waals surface area (Å²) in [7, 11) is 1.53. The topological polar surface area (TPSA) is 105 Å². The third-order valence-corrected chi connectivity index (χ3v) is 8.23. The van der Waals surface area contributed by atoms with Crippen LogP contribution in [0.3, 0.4) is 0 Å². The van der Waals surface area contributed by atoms with E-state index in [1.165, 1.54) is 32.1 Å². The van der Waals surface area contributed by atoms with Gasteiger partial charge in [-0.3, -0.25) is 13.8 Å². The van der Waals surface area contributed by atoms with Crippen molar-refractivity contribution in [2.45, 2.75) is 129 Å². The molecule has 46 heavy (non-hydrogen) atoms. The van der Waals surface area contributed by atoms with Gasteiger partial charge in [0.2, 0.25) is 5.91 Å². The molecule has 0 rings (SSSR count). The van der Waals surface area contributed by atoms with Crippen molar-refractivity contribution in [1.82, 2.24) is 5.32 Å². The average molecular weight is 668 g/mol. The highest BCUT2D eigenvalue weighted by Gasteiger charge is 2.27. The number of hydrogen-bond acceptors (Lipinski definition) is 5. The summed E-state index contributed by atoms with van der Waals surface area (Å²) in [6, 6.07) is -0.866. The number of likely N-dealkylation sites (N-methyl/N-ethyl adjacent to an activating group) is 1. The van der Waals surface area contributed by atoms with Crippen LogP contribution in [0.2, 0.25) is 0 Å². The van der Waals surface area contributed by atoms with Gasteiger partial charge in [-0.05, 0) is 57.8 Å². The maximum absolute atomic E-state index is 12.7. The van der Waals surface area contributed by atoms with E-state index in [2.05, 4.69) is 67.8 Å². The van der Waals surface area contributed by atoms with E-state index in [1.807, 2.05) is 27.2 Å². The molecule has 0 spiro atoms. The van der Waals surface area contributed by atoms with E-state index in [1.54, 1.807) is 6.08 Å². The quantitative estimate of drug-likeness (QED) is 0.0306. The van der Waals surface area contributed by atoms with Gasteiger partial charge < -0.3 is 19.8 Å². The number of carbonyl (C=O) groups is 1. The van der Waals surface area contributed by atoms with Crippen molar-refractivity contribution in [2.75, 3.05) is 40.9 Å². The van der Waals surface area contributed by atoms with Crippen LogP contribution in [0.15, 0.2) is 60.8 Å². The molecule has 0 saturated heterocycles. The number of phosphoric acid groups is 1. The minimum absolute atomic E-state index is 0.0501. The lowest BCUT2D eigenvalue weighted by Gasteiger charge is -2.25. The van der Waals surface area contributed by atoms with Crippen LogP contribution in [0.4, 0.5) is 0 Å². The van der Waals surface area contributed by atoms with Gasteiger partial charge >= 0.3 is 7.82 Å². The molecule has 0 saturated carbocycles. The van der Waals surface area contributed by atoms with Crippen molar-refractivity contribution in [3.63, 3.8) is 0 Å². The molecule has 0 bridgehead atoms. The molecule has 0 radical (unpaired) electrons. The van der Waals surface area contributed by atoms with E-state index in [4.69, 9.17) is 9.05 Å². The molecule has 0 aromatic heterocycles. The molecule has 9 heteroatoms. The smallest absolute Gasteiger partial charge is 0.387 e. The maximum atomic E-state index is 12.7. The van der Waals surface area contributed by atoms with E-state index in [0.717, 1.165) is 57.8 Å². The Morgan fingerprint density at radius 3 is 1.91 bits per heavy atom. The molecule has 3 atom stereocenters. The SMILES string of the molecule is CC/C=C\C/C=C\C/C=C\C/C=C\CCCCC(=O)NC(COP(=O)(O)OCC[N+](C)(C)C)C(O)/C=C/CCCCCCCCC. The summed E-state index contributed by atoms with van der Waals surface area (Å²) in [5, 5.41) is 13.6. The fraction of sp³-hybridized carbons (Fsp3) is 0.703. The zero-order chi connectivity index (χ0) is 34.4. The van der Waals surface area contributed by atoms with Crippen LogP contribution in [0, 0.1) is 0 Å². The molecule has 0 heterocycles. The first kappa shape index (κ1) is 44.2. The van der Waals surface area contributed by atoms with E-state index in [0.29, 0.717) is 23.9 Å². The highest BCUT2D eigenvalue weighted by Crippen LogP contribution is 2.43. The molecule has 266 valence electrons. The van der Waals surface area contributed by atoms with Gasteiger partial charge in [-0.1, -0.05) is 113 Å². The lowest BCUT2D eigenvalue weighted by Crippen LogP contribution is -2.45. The van der Waals surface area contributed by atoms with Crippen LogP contribution in [0.1, 0.15) is 117 Å². The highest BCUT2D eigenvalue weighted by atomic mass is 31.2. The Kier molecular flexibility index (Phi) is 28.2. The number of quaternary nitrogens is 1. The molecule has 3 N–H and O–H groups in total. The predicted octanol–water partition coefficient (Wildman–Crippen LogP) is 8.73. The minimum Gasteiger partial charge on any atom is -0.387 e. The molecule has 8 nitrogen and oxygen atoms in total. The Morgan fingerprint density at radius 1 is 0.761 bits per heavy atom. The van der Waals surface area contributed by atoms with Crippen molar-refractivity contribution in [1.29, 1.82) is 0 Å². The summed E-state index contributed by atoms with van der Waals surface area (Å²) in [5.74, 6) is -0.225. The Bertz CT molecular complexity index is 939. The van der Waals surface area contributed by atoms with Crippen molar-refractivity contribution in [2.24, 2.45) is 0 Å². The first-order valence-corrected chi connectivity index (χ1v) is 19.2. The number of allylic oxidation sites excluding steroid dienone is 9. The molecule has 0 aliphatic carbocycles. The summed E-state index contributed by atoms with van der Waals surface area (Å²) in [6.07, 6.45) is 35.8. The summed E-state index contributed by atoms with van der Waals surface area (Å²) in [5.41, 5.74) is 0. The van der Waals surface area contributed by atoms with Crippen LogP contribution in [-0.2, 0) is 18.4 Å².